The Morgan fingerprint density at radius 2 is 2.08 bits per heavy atom. The number of nitrogens with one attached hydrogen (secondary N) is 1. The molecule has 8 nitrogen and oxygen atoms in total. The van der Waals surface area contributed by atoms with Gasteiger partial charge in [-0.15, -0.1) is 0 Å². The second-order valence-electron chi connectivity index (χ2n) is 6.50. The standard InChI is InChI=1S/C18H26N2O6/c1-2-24-18(22)20-7-5-19(6-8-20)10-15(21)12-23-11-14-3-4-16-17(9-14)26-13-25-16/h3-4,9,15,21H,2,5-8,10-13H2,1H3/p+1/t15-/m1/s1. The topological polar surface area (TPSA) is 81.9 Å². The van der Waals surface area contributed by atoms with E-state index in [0.29, 0.717) is 32.8 Å². The van der Waals surface area contributed by atoms with Gasteiger partial charge < -0.3 is 29.0 Å². The fraction of sp³-hybridized carbons (Fsp3) is 0.611. The van der Waals surface area contributed by atoms with Crippen LogP contribution in [-0.2, 0) is 16.1 Å². The Hall–Kier alpha value is -2.03. The van der Waals surface area contributed by atoms with E-state index in [9.17, 15) is 9.90 Å². The van der Waals surface area contributed by atoms with Crippen LogP contribution in [0.1, 0.15) is 12.5 Å². The number of aliphatic hydroxyl groups is 1. The molecule has 1 amide bonds. The van der Waals surface area contributed by atoms with E-state index in [1.54, 1.807) is 11.8 Å². The van der Waals surface area contributed by atoms with Crippen LogP contribution in [0.2, 0.25) is 0 Å². The number of nitrogens with zero attached hydrogens (tertiary/aromatic N) is 1. The van der Waals surface area contributed by atoms with Crippen molar-refractivity contribution in [1.82, 2.24) is 4.90 Å². The Bertz CT molecular complexity index is 603. The molecule has 8 heteroatoms. The van der Waals surface area contributed by atoms with Crippen molar-refractivity contribution in [2.24, 2.45) is 0 Å². The quantitative estimate of drug-likeness (QED) is 0.686. The number of ether oxygens (including phenoxy) is 4. The van der Waals surface area contributed by atoms with Crippen LogP contribution >= 0.6 is 0 Å². The summed E-state index contributed by atoms with van der Waals surface area (Å²) in [6.45, 7) is 6.67. The molecule has 2 N–H and O–H groups in total. The number of rotatable bonds is 7. The number of aliphatic hydroxyl groups excluding tert-OH is 1. The lowest BCUT2D eigenvalue weighted by Gasteiger charge is -2.32. The zero-order valence-electron chi connectivity index (χ0n) is 15.1. The number of carbonyl (C=O) groups excluding carboxylic acids is 1. The lowest BCUT2D eigenvalue weighted by Crippen LogP contribution is -3.15. The van der Waals surface area contributed by atoms with E-state index in [2.05, 4.69) is 0 Å². The summed E-state index contributed by atoms with van der Waals surface area (Å²) in [5.41, 5.74) is 0.983. The molecule has 0 bridgehead atoms. The molecule has 1 fully saturated rings. The summed E-state index contributed by atoms with van der Waals surface area (Å²) in [4.78, 5) is 14.7. The highest BCUT2D eigenvalue weighted by Crippen LogP contribution is 2.32. The van der Waals surface area contributed by atoms with Gasteiger partial charge in [-0.25, -0.2) is 4.79 Å². The number of carbonyl (C=O) groups is 1. The van der Waals surface area contributed by atoms with Gasteiger partial charge in [0.25, 0.3) is 0 Å². The summed E-state index contributed by atoms with van der Waals surface area (Å²) in [7, 11) is 0. The summed E-state index contributed by atoms with van der Waals surface area (Å²) in [6, 6.07) is 5.69. The fourth-order valence-electron chi connectivity index (χ4n) is 3.16. The number of fused-ring (bicyclic) bond motifs is 1. The molecule has 1 saturated heterocycles. The average molecular weight is 367 g/mol. The number of hydrogen-bond donors (Lipinski definition) is 2. The van der Waals surface area contributed by atoms with Crippen LogP contribution < -0.4 is 14.4 Å². The van der Waals surface area contributed by atoms with E-state index < -0.39 is 6.10 Å². The second kappa shape index (κ2) is 9.07. The molecule has 2 aliphatic rings. The Labute approximate surface area is 153 Å². The van der Waals surface area contributed by atoms with E-state index in [4.69, 9.17) is 18.9 Å². The Morgan fingerprint density at radius 1 is 1.31 bits per heavy atom. The highest BCUT2D eigenvalue weighted by Gasteiger charge is 2.26. The van der Waals surface area contributed by atoms with Gasteiger partial charge in [-0.1, -0.05) is 6.07 Å². The van der Waals surface area contributed by atoms with Gasteiger partial charge in [-0.3, -0.25) is 4.90 Å². The molecular formula is C18H27N2O6+. The highest BCUT2D eigenvalue weighted by molar-refractivity contribution is 5.67. The minimum Gasteiger partial charge on any atom is -0.454 e. The first-order valence-electron chi connectivity index (χ1n) is 9.05. The summed E-state index contributed by atoms with van der Waals surface area (Å²) >= 11 is 0. The molecule has 0 spiro atoms. The molecule has 3 rings (SSSR count). The molecule has 1 aromatic carbocycles. The molecule has 0 aliphatic carbocycles. The maximum absolute atomic E-state index is 11.7. The van der Waals surface area contributed by atoms with Crippen molar-refractivity contribution in [1.29, 1.82) is 0 Å². The van der Waals surface area contributed by atoms with Crippen LogP contribution in [-0.4, -0.2) is 74.9 Å². The largest absolute Gasteiger partial charge is 0.454 e. The maximum Gasteiger partial charge on any atom is 0.410 e. The number of hydrogen-bond acceptors (Lipinski definition) is 6. The number of amides is 1. The third kappa shape index (κ3) is 5.00. The first-order valence-corrected chi connectivity index (χ1v) is 9.05. The van der Waals surface area contributed by atoms with Gasteiger partial charge in [0.05, 0.1) is 46.0 Å². The van der Waals surface area contributed by atoms with Crippen molar-refractivity contribution in [3.05, 3.63) is 23.8 Å². The minimum absolute atomic E-state index is 0.251. The van der Waals surface area contributed by atoms with E-state index in [1.165, 1.54) is 4.90 Å². The Kier molecular flexibility index (Phi) is 6.54. The van der Waals surface area contributed by atoms with Gasteiger partial charge in [0.1, 0.15) is 12.6 Å². The van der Waals surface area contributed by atoms with E-state index >= 15 is 0 Å². The molecule has 144 valence electrons. The van der Waals surface area contributed by atoms with Crippen LogP contribution in [0.25, 0.3) is 0 Å². The predicted molar refractivity (Wildman–Crippen MR) is 92.4 cm³/mol. The first kappa shape index (κ1) is 18.8. The lowest BCUT2D eigenvalue weighted by molar-refractivity contribution is -0.907. The SMILES string of the molecule is CCOC(=O)N1CC[NH+](C[C@@H](O)COCc2ccc3c(c2)OCO3)CC1. The van der Waals surface area contributed by atoms with Gasteiger partial charge in [0.2, 0.25) is 6.79 Å². The third-order valence-corrected chi connectivity index (χ3v) is 4.54. The number of benzene rings is 1. The highest BCUT2D eigenvalue weighted by atomic mass is 16.7. The van der Waals surface area contributed by atoms with Gasteiger partial charge in [-0.05, 0) is 24.6 Å². The van der Waals surface area contributed by atoms with E-state index in [1.807, 2.05) is 18.2 Å². The van der Waals surface area contributed by atoms with Crippen molar-refractivity contribution < 1.29 is 33.7 Å². The zero-order chi connectivity index (χ0) is 18.4. The van der Waals surface area contributed by atoms with Crippen molar-refractivity contribution in [3.8, 4) is 11.5 Å². The number of piperazine rings is 1. The summed E-state index contributed by atoms with van der Waals surface area (Å²) in [5, 5.41) is 10.2. The normalized spacial score (nSPS) is 18.0. The molecular weight excluding hydrogens is 340 g/mol. The van der Waals surface area contributed by atoms with E-state index in [-0.39, 0.29) is 19.5 Å². The molecule has 0 unspecified atom stereocenters. The molecule has 1 aromatic rings. The summed E-state index contributed by atoms with van der Waals surface area (Å²) in [6.07, 6.45) is -0.785. The monoisotopic (exact) mass is 367 g/mol. The van der Waals surface area contributed by atoms with Crippen LogP contribution in [0.5, 0.6) is 11.5 Å². The van der Waals surface area contributed by atoms with Gasteiger partial charge >= 0.3 is 6.09 Å². The molecule has 0 saturated carbocycles. The van der Waals surface area contributed by atoms with Crippen molar-refractivity contribution in [3.63, 3.8) is 0 Å². The van der Waals surface area contributed by atoms with Crippen LogP contribution in [0.3, 0.4) is 0 Å². The zero-order valence-corrected chi connectivity index (χ0v) is 15.1. The molecule has 2 aliphatic heterocycles. The third-order valence-electron chi connectivity index (χ3n) is 4.54. The fourth-order valence-corrected chi connectivity index (χ4v) is 3.16. The second-order valence-corrected chi connectivity index (χ2v) is 6.50. The van der Waals surface area contributed by atoms with Crippen LogP contribution in [0.4, 0.5) is 4.79 Å². The van der Waals surface area contributed by atoms with Gasteiger partial charge in [0, 0.05) is 0 Å². The van der Waals surface area contributed by atoms with Crippen LogP contribution in [0.15, 0.2) is 18.2 Å². The maximum atomic E-state index is 11.7. The smallest absolute Gasteiger partial charge is 0.410 e. The molecule has 0 aromatic heterocycles. The van der Waals surface area contributed by atoms with E-state index in [0.717, 1.165) is 30.2 Å². The average Bonchev–Trinajstić information content (AvgIpc) is 3.10. The molecule has 0 radical (unpaired) electrons. The van der Waals surface area contributed by atoms with Crippen molar-refractivity contribution >= 4 is 6.09 Å². The van der Waals surface area contributed by atoms with Gasteiger partial charge in [-0.2, -0.15) is 0 Å². The molecule has 1 atom stereocenters. The summed E-state index contributed by atoms with van der Waals surface area (Å²) < 4.78 is 21.3. The minimum atomic E-state index is -0.534. The first-order chi connectivity index (χ1) is 12.7. The number of quaternary nitrogens is 1. The van der Waals surface area contributed by atoms with Crippen molar-refractivity contribution in [2.75, 3.05) is 52.7 Å². The van der Waals surface area contributed by atoms with Crippen molar-refractivity contribution in [2.45, 2.75) is 19.6 Å². The van der Waals surface area contributed by atoms with Crippen LogP contribution in [0, 0.1) is 0 Å². The Balaban J connectivity index is 1.33. The lowest BCUT2D eigenvalue weighted by atomic mass is 10.2. The Morgan fingerprint density at radius 3 is 2.85 bits per heavy atom. The van der Waals surface area contributed by atoms with Gasteiger partial charge in [0.15, 0.2) is 11.5 Å². The predicted octanol–water partition coefficient (Wildman–Crippen LogP) is -0.350. The molecule has 26 heavy (non-hydrogen) atoms. The molecule has 2 heterocycles. The summed E-state index contributed by atoms with van der Waals surface area (Å²) in [5.74, 6) is 1.48.